The van der Waals surface area contributed by atoms with Crippen LogP contribution in [0.3, 0.4) is 0 Å². The van der Waals surface area contributed by atoms with Gasteiger partial charge in [0.05, 0.1) is 33.1 Å². The van der Waals surface area contributed by atoms with E-state index in [4.69, 9.17) is 11.0 Å². The van der Waals surface area contributed by atoms with Crippen molar-refractivity contribution in [2.45, 2.75) is 10.6 Å². The first-order valence-corrected chi connectivity index (χ1v) is 7.74. The quantitative estimate of drug-likeness (QED) is 0.861. The third-order valence-corrected chi connectivity index (χ3v) is 5.01. The molecule has 0 fully saturated rings. The summed E-state index contributed by atoms with van der Waals surface area (Å²) in [5.74, 6) is -0.379. The second-order valence-electron chi connectivity index (χ2n) is 4.09. The van der Waals surface area contributed by atoms with Crippen molar-refractivity contribution in [2.24, 2.45) is 0 Å². The molecule has 0 aromatic heterocycles. The molecule has 0 saturated carbocycles. The number of nitrogens with zero attached hydrogens (tertiary/aromatic N) is 1. The van der Waals surface area contributed by atoms with Crippen molar-refractivity contribution < 1.29 is 8.60 Å². The van der Waals surface area contributed by atoms with Crippen LogP contribution in [0, 0.1) is 17.1 Å². The summed E-state index contributed by atoms with van der Waals surface area (Å²) in [7, 11) is -1.39. The van der Waals surface area contributed by atoms with Crippen molar-refractivity contribution in [1.82, 2.24) is 0 Å². The first-order valence-electron chi connectivity index (χ1n) is 5.63. The summed E-state index contributed by atoms with van der Waals surface area (Å²) in [5, 5.41) is 8.99. The average molecular weight is 353 g/mol. The second-order valence-corrected chi connectivity index (χ2v) is 6.37. The van der Waals surface area contributed by atoms with Crippen LogP contribution in [0.5, 0.6) is 0 Å². The molecule has 1 atom stereocenters. The highest BCUT2D eigenvalue weighted by molar-refractivity contribution is 9.10. The Hall–Kier alpha value is -1.71. The van der Waals surface area contributed by atoms with Crippen molar-refractivity contribution in [3.63, 3.8) is 0 Å². The van der Waals surface area contributed by atoms with Gasteiger partial charge in [0, 0.05) is 10.2 Å². The van der Waals surface area contributed by atoms with Gasteiger partial charge in [-0.3, -0.25) is 4.21 Å². The van der Waals surface area contributed by atoms with Gasteiger partial charge >= 0.3 is 0 Å². The Kier molecular flexibility index (Phi) is 4.53. The normalized spacial score (nSPS) is 11.8. The Balaban J connectivity index is 2.33. The lowest BCUT2D eigenvalue weighted by molar-refractivity contribution is 0.626. The lowest BCUT2D eigenvalue weighted by atomic mass is 10.1. The molecule has 0 heterocycles. The number of nitrogen functional groups attached to an aromatic ring is 1. The number of anilines is 1. The van der Waals surface area contributed by atoms with Gasteiger partial charge in [0.25, 0.3) is 0 Å². The first-order chi connectivity index (χ1) is 9.51. The molecule has 2 N–H and O–H groups in total. The summed E-state index contributed by atoms with van der Waals surface area (Å²) >= 11 is 3.30. The summed E-state index contributed by atoms with van der Waals surface area (Å²) in [6.07, 6.45) is 0. The smallest absolute Gasteiger partial charge is 0.123 e. The van der Waals surface area contributed by atoms with Crippen LogP contribution in [0.2, 0.25) is 0 Å². The number of rotatable bonds is 3. The average Bonchev–Trinajstić information content (AvgIpc) is 2.38. The first kappa shape index (κ1) is 14.7. The molecule has 102 valence electrons. The van der Waals surface area contributed by atoms with Crippen LogP contribution in [0.4, 0.5) is 10.1 Å². The maximum atomic E-state index is 13.2. The number of halogens is 2. The molecular weight excluding hydrogens is 343 g/mol. The van der Waals surface area contributed by atoms with Gasteiger partial charge in [0.15, 0.2) is 0 Å². The highest BCUT2D eigenvalue weighted by atomic mass is 79.9. The summed E-state index contributed by atoms with van der Waals surface area (Å²) in [6.45, 7) is 0. The highest BCUT2D eigenvalue weighted by Crippen LogP contribution is 2.25. The van der Waals surface area contributed by atoms with E-state index in [0.717, 1.165) is 0 Å². The fourth-order valence-electron chi connectivity index (χ4n) is 1.71. The van der Waals surface area contributed by atoms with Gasteiger partial charge in [-0.15, -0.1) is 0 Å². The second kappa shape index (κ2) is 6.16. The maximum Gasteiger partial charge on any atom is 0.123 e. The van der Waals surface area contributed by atoms with Crippen molar-refractivity contribution >= 4 is 32.4 Å². The van der Waals surface area contributed by atoms with Gasteiger partial charge in [-0.25, -0.2) is 4.39 Å². The Labute approximate surface area is 126 Å². The van der Waals surface area contributed by atoms with E-state index < -0.39 is 16.6 Å². The molecule has 2 aromatic rings. The number of hydrogen-bond acceptors (Lipinski definition) is 3. The van der Waals surface area contributed by atoms with Crippen molar-refractivity contribution in [1.29, 1.82) is 5.26 Å². The summed E-state index contributed by atoms with van der Waals surface area (Å²) in [5.41, 5.74) is 6.93. The third-order valence-electron chi connectivity index (χ3n) is 2.68. The van der Waals surface area contributed by atoms with Gasteiger partial charge in [0.2, 0.25) is 0 Å². The lowest BCUT2D eigenvalue weighted by Gasteiger charge is -2.07. The molecule has 3 nitrogen and oxygen atoms in total. The minimum absolute atomic E-state index is 0.0726. The van der Waals surface area contributed by atoms with Crippen LogP contribution in [-0.2, 0) is 16.6 Å². The van der Waals surface area contributed by atoms with Gasteiger partial charge in [0.1, 0.15) is 5.82 Å². The van der Waals surface area contributed by atoms with Crippen LogP contribution in [0.25, 0.3) is 0 Å². The molecule has 2 aromatic carbocycles. The van der Waals surface area contributed by atoms with E-state index in [0.29, 0.717) is 26.2 Å². The topological polar surface area (TPSA) is 66.9 Å². The maximum absolute atomic E-state index is 13.2. The highest BCUT2D eigenvalue weighted by Gasteiger charge is 2.12. The SMILES string of the molecule is N#Cc1ccc(F)cc1CS(=O)c1ccc(N)cc1Br. The molecular formula is C14H10BrFN2OS. The van der Waals surface area contributed by atoms with E-state index in [-0.39, 0.29) is 5.75 Å². The zero-order chi connectivity index (χ0) is 14.7. The monoisotopic (exact) mass is 352 g/mol. The largest absolute Gasteiger partial charge is 0.399 e. The predicted molar refractivity (Wildman–Crippen MR) is 79.8 cm³/mol. The van der Waals surface area contributed by atoms with Crippen molar-refractivity contribution in [3.8, 4) is 6.07 Å². The number of hydrogen-bond donors (Lipinski definition) is 1. The van der Waals surface area contributed by atoms with E-state index in [1.165, 1.54) is 18.2 Å². The predicted octanol–water partition coefficient (Wildman–Crippen LogP) is 3.35. The Bertz CT molecular complexity index is 728. The van der Waals surface area contributed by atoms with Crippen molar-refractivity contribution in [3.05, 3.63) is 57.8 Å². The zero-order valence-electron chi connectivity index (χ0n) is 10.3. The molecule has 6 heteroatoms. The molecule has 0 spiro atoms. The molecule has 0 radical (unpaired) electrons. The van der Waals surface area contributed by atoms with Gasteiger partial charge in [-0.05, 0) is 57.9 Å². The van der Waals surface area contributed by atoms with Crippen molar-refractivity contribution in [2.75, 3.05) is 5.73 Å². The molecule has 1 unspecified atom stereocenters. The lowest BCUT2D eigenvalue weighted by Crippen LogP contribution is -2.01. The van der Waals surface area contributed by atoms with Crippen LogP contribution >= 0.6 is 15.9 Å². The van der Waals surface area contributed by atoms with Gasteiger partial charge < -0.3 is 5.73 Å². The van der Waals surface area contributed by atoms with E-state index in [2.05, 4.69) is 15.9 Å². The van der Waals surface area contributed by atoms with Crippen LogP contribution < -0.4 is 5.73 Å². The van der Waals surface area contributed by atoms with Crippen LogP contribution in [-0.4, -0.2) is 4.21 Å². The Morgan fingerprint density at radius 1 is 1.30 bits per heavy atom. The Morgan fingerprint density at radius 2 is 2.05 bits per heavy atom. The minimum atomic E-state index is -1.39. The van der Waals surface area contributed by atoms with E-state index in [1.54, 1.807) is 18.2 Å². The molecule has 20 heavy (non-hydrogen) atoms. The number of nitrogens with two attached hydrogens (primary N) is 1. The van der Waals surface area contributed by atoms with Gasteiger partial charge in [-0.1, -0.05) is 0 Å². The molecule has 2 rings (SSSR count). The summed E-state index contributed by atoms with van der Waals surface area (Å²) in [6, 6.07) is 10.8. The number of benzene rings is 2. The molecule has 0 saturated heterocycles. The molecule has 0 aliphatic heterocycles. The minimum Gasteiger partial charge on any atom is -0.399 e. The summed E-state index contributed by atoms with van der Waals surface area (Å²) < 4.78 is 26.2. The molecule has 0 amide bonds. The molecule has 0 aliphatic carbocycles. The van der Waals surface area contributed by atoms with E-state index in [9.17, 15) is 8.60 Å². The van der Waals surface area contributed by atoms with Crippen LogP contribution in [0.1, 0.15) is 11.1 Å². The summed E-state index contributed by atoms with van der Waals surface area (Å²) in [4.78, 5) is 0.562. The molecule has 0 bridgehead atoms. The number of nitriles is 1. The third kappa shape index (κ3) is 3.24. The Morgan fingerprint density at radius 3 is 2.70 bits per heavy atom. The van der Waals surface area contributed by atoms with E-state index >= 15 is 0 Å². The van der Waals surface area contributed by atoms with Gasteiger partial charge in [-0.2, -0.15) is 5.26 Å². The van der Waals surface area contributed by atoms with Crippen LogP contribution in [0.15, 0.2) is 45.8 Å². The van der Waals surface area contributed by atoms with E-state index in [1.807, 2.05) is 6.07 Å². The fraction of sp³-hybridized carbons (Fsp3) is 0.0714. The molecule has 0 aliphatic rings. The standard InChI is InChI=1S/C14H10BrFN2OS/c15-13-6-12(18)3-4-14(13)20(19)8-10-5-11(16)2-1-9(10)7-17/h1-6H,8,18H2. The zero-order valence-corrected chi connectivity index (χ0v) is 12.7. The fourth-order valence-corrected chi connectivity index (χ4v) is 3.82.